The molecule has 34 heavy (non-hydrogen) atoms. The van der Waals surface area contributed by atoms with Crippen LogP contribution in [-0.2, 0) is 25.2 Å². The SMILES string of the molecule is Cc1ncc(COP(=O)(N[C@@H](C)C(=O)OC(C)C)Oc2cccc3ccccc23)c(C=O)c1O. The van der Waals surface area contributed by atoms with Crippen molar-refractivity contribution in [2.75, 3.05) is 0 Å². The number of carbonyl (C=O) groups excluding carboxylic acids is 2. The highest BCUT2D eigenvalue weighted by Crippen LogP contribution is 2.47. The third-order valence-corrected chi connectivity index (χ3v) is 6.50. The fraction of sp³-hybridized carbons (Fsp3) is 0.292. The smallest absolute Gasteiger partial charge is 0.459 e. The van der Waals surface area contributed by atoms with Crippen LogP contribution in [0.25, 0.3) is 10.8 Å². The van der Waals surface area contributed by atoms with Gasteiger partial charge < -0.3 is 14.4 Å². The van der Waals surface area contributed by atoms with Crippen molar-refractivity contribution in [3.8, 4) is 11.5 Å². The Morgan fingerprint density at radius 1 is 1.18 bits per heavy atom. The van der Waals surface area contributed by atoms with E-state index >= 15 is 0 Å². The molecule has 0 spiro atoms. The van der Waals surface area contributed by atoms with E-state index in [0.717, 1.165) is 5.39 Å². The van der Waals surface area contributed by atoms with Crippen LogP contribution in [-0.4, -0.2) is 34.5 Å². The van der Waals surface area contributed by atoms with Crippen LogP contribution in [0.4, 0.5) is 0 Å². The van der Waals surface area contributed by atoms with Crippen LogP contribution < -0.4 is 9.61 Å². The maximum Gasteiger partial charge on any atom is 0.459 e. The monoisotopic (exact) mass is 486 g/mol. The molecule has 10 heteroatoms. The number of pyridine rings is 1. The van der Waals surface area contributed by atoms with Gasteiger partial charge >= 0.3 is 13.7 Å². The number of ether oxygens (including phenoxy) is 1. The summed E-state index contributed by atoms with van der Waals surface area (Å²) in [5.41, 5.74) is 0.444. The zero-order chi connectivity index (χ0) is 24.9. The van der Waals surface area contributed by atoms with E-state index in [1.54, 1.807) is 39.0 Å². The first-order valence-corrected chi connectivity index (χ1v) is 12.2. The maximum absolute atomic E-state index is 13.8. The highest BCUT2D eigenvalue weighted by molar-refractivity contribution is 7.52. The van der Waals surface area contributed by atoms with Crippen molar-refractivity contribution in [1.82, 2.24) is 10.1 Å². The Labute approximate surface area is 197 Å². The summed E-state index contributed by atoms with van der Waals surface area (Å²) in [6.45, 7) is 6.04. The van der Waals surface area contributed by atoms with Gasteiger partial charge in [-0.2, -0.15) is 5.09 Å². The van der Waals surface area contributed by atoms with Crippen LogP contribution in [0.5, 0.6) is 11.5 Å². The molecule has 0 aliphatic rings. The van der Waals surface area contributed by atoms with E-state index in [2.05, 4.69) is 10.1 Å². The highest BCUT2D eigenvalue weighted by Gasteiger charge is 2.33. The summed E-state index contributed by atoms with van der Waals surface area (Å²) in [7, 11) is -4.20. The topological polar surface area (TPSA) is 124 Å². The fourth-order valence-corrected chi connectivity index (χ4v) is 4.66. The molecule has 0 aliphatic carbocycles. The first-order valence-electron chi connectivity index (χ1n) is 10.7. The number of rotatable bonds is 10. The van der Waals surface area contributed by atoms with Gasteiger partial charge in [0.2, 0.25) is 0 Å². The maximum atomic E-state index is 13.8. The summed E-state index contributed by atoms with van der Waals surface area (Å²) < 4.78 is 30.5. The molecule has 2 N–H and O–H groups in total. The Morgan fingerprint density at radius 3 is 2.59 bits per heavy atom. The molecule has 0 amide bonds. The lowest BCUT2D eigenvalue weighted by molar-refractivity contribution is -0.149. The van der Waals surface area contributed by atoms with E-state index in [4.69, 9.17) is 13.8 Å². The van der Waals surface area contributed by atoms with Gasteiger partial charge in [0.05, 0.1) is 24.0 Å². The molecule has 1 unspecified atom stereocenters. The van der Waals surface area contributed by atoms with Crippen LogP contribution in [0.1, 0.15) is 42.4 Å². The molecule has 0 radical (unpaired) electrons. The molecule has 3 rings (SSSR count). The second kappa shape index (κ2) is 10.8. The van der Waals surface area contributed by atoms with Gasteiger partial charge in [0, 0.05) is 17.1 Å². The standard InChI is InChI=1S/C24H27N2O7P/c1-15(2)32-24(29)17(4)26-34(30,31-14-19-12-25-16(3)23(28)21(19)13-27)33-22-11-7-9-18-8-5-6-10-20(18)22/h5-13,15,17,28H,14H2,1-4H3,(H,26,30)/t17-,34?/m0/s1. The second-order valence-electron chi connectivity index (χ2n) is 7.92. The van der Waals surface area contributed by atoms with Gasteiger partial charge in [-0.05, 0) is 39.1 Å². The van der Waals surface area contributed by atoms with Crippen molar-refractivity contribution in [2.45, 2.75) is 46.4 Å². The van der Waals surface area contributed by atoms with Gasteiger partial charge in [-0.1, -0.05) is 36.4 Å². The summed E-state index contributed by atoms with van der Waals surface area (Å²) in [4.78, 5) is 27.9. The molecule has 2 aromatic carbocycles. The third-order valence-electron chi connectivity index (χ3n) is 4.89. The molecular formula is C24H27N2O7P. The summed E-state index contributed by atoms with van der Waals surface area (Å²) in [6.07, 6.45) is 1.44. The number of hydrogen-bond donors (Lipinski definition) is 2. The molecule has 1 heterocycles. The van der Waals surface area contributed by atoms with E-state index in [1.165, 1.54) is 13.1 Å². The van der Waals surface area contributed by atoms with Crippen LogP contribution in [0.2, 0.25) is 0 Å². The number of benzene rings is 2. The normalized spacial score (nSPS) is 13.9. The minimum Gasteiger partial charge on any atom is -0.505 e. The summed E-state index contributed by atoms with van der Waals surface area (Å²) in [6, 6.07) is 11.6. The molecule has 1 aromatic heterocycles. The zero-order valence-electron chi connectivity index (χ0n) is 19.3. The molecule has 0 fully saturated rings. The molecule has 180 valence electrons. The molecular weight excluding hydrogens is 459 g/mol. The van der Waals surface area contributed by atoms with Crippen LogP contribution in [0.15, 0.2) is 48.7 Å². The van der Waals surface area contributed by atoms with Crippen molar-refractivity contribution >= 4 is 30.8 Å². The first-order chi connectivity index (χ1) is 16.1. The quantitative estimate of drug-likeness (QED) is 0.238. The Balaban J connectivity index is 1.93. The van der Waals surface area contributed by atoms with Crippen LogP contribution >= 0.6 is 7.75 Å². The number of aryl methyl sites for hydroxylation is 1. The highest BCUT2D eigenvalue weighted by atomic mass is 31.2. The third kappa shape index (κ3) is 5.99. The number of aromatic nitrogens is 1. The van der Waals surface area contributed by atoms with E-state index in [0.29, 0.717) is 11.7 Å². The first kappa shape index (κ1) is 25.4. The number of fused-ring (bicyclic) bond motifs is 1. The lowest BCUT2D eigenvalue weighted by atomic mass is 10.1. The average molecular weight is 486 g/mol. The lowest BCUT2D eigenvalue weighted by Gasteiger charge is -2.24. The van der Waals surface area contributed by atoms with Crippen LogP contribution in [0.3, 0.4) is 0 Å². The second-order valence-corrected chi connectivity index (χ2v) is 9.62. The van der Waals surface area contributed by atoms with Gasteiger partial charge in [0.25, 0.3) is 0 Å². The molecule has 9 nitrogen and oxygen atoms in total. The summed E-state index contributed by atoms with van der Waals surface area (Å²) in [5, 5.41) is 14.3. The summed E-state index contributed by atoms with van der Waals surface area (Å²) in [5.74, 6) is -0.648. The van der Waals surface area contributed by atoms with Crippen LogP contribution in [0, 0.1) is 6.92 Å². The van der Waals surface area contributed by atoms with E-state index in [9.17, 15) is 19.3 Å². The molecule has 2 atom stereocenters. The van der Waals surface area contributed by atoms with Crippen molar-refractivity contribution < 1.29 is 33.0 Å². The predicted octanol–water partition coefficient (Wildman–Crippen LogP) is 4.69. The Hall–Kier alpha value is -3.26. The molecule has 0 bridgehead atoms. The van der Waals surface area contributed by atoms with Crippen molar-refractivity contribution in [2.24, 2.45) is 0 Å². The molecule has 3 aromatic rings. The largest absolute Gasteiger partial charge is 0.505 e. The average Bonchev–Trinajstić information content (AvgIpc) is 2.79. The Bertz CT molecular complexity index is 1240. The minimum atomic E-state index is -4.20. The Morgan fingerprint density at radius 2 is 1.88 bits per heavy atom. The van der Waals surface area contributed by atoms with Crippen molar-refractivity contribution in [3.63, 3.8) is 0 Å². The van der Waals surface area contributed by atoms with Crippen molar-refractivity contribution in [3.05, 3.63) is 65.5 Å². The fourth-order valence-electron chi connectivity index (χ4n) is 3.17. The molecule has 0 aliphatic heterocycles. The van der Waals surface area contributed by atoms with Gasteiger partial charge in [0.1, 0.15) is 17.5 Å². The summed E-state index contributed by atoms with van der Waals surface area (Å²) >= 11 is 0. The van der Waals surface area contributed by atoms with E-state index in [-0.39, 0.29) is 41.0 Å². The number of hydrogen-bond acceptors (Lipinski definition) is 8. The van der Waals surface area contributed by atoms with Crippen molar-refractivity contribution in [1.29, 1.82) is 0 Å². The number of nitrogens with zero attached hydrogens (tertiary/aromatic N) is 1. The van der Waals surface area contributed by atoms with Gasteiger partial charge in [-0.3, -0.25) is 19.1 Å². The number of nitrogens with one attached hydrogen (secondary N) is 1. The zero-order valence-corrected chi connectivity index (χ0v) is 20.2. The number of aromatic hydroxyl groups is 1. The van der Waals surface area contributed by atoms with E-state index in [1.807, 2.05) is 24.3 Å². The molecule has 0 saturated carbocycles. The number of aldehydes is 1. The Kier molecular flexibility index (Phi) is 8.04. The minimum absolute atomic E-state index is 0.0310. The van der Waals surface area contributed by atoms with E-state index < -0.39 is 19.8 Å². The van der Waals surface area contributed by atoms with Gasteiger partial charge in [-0.25, -0.2) is 4.57 Å². The molecule has 0 saturated heterocycles. The van der Waals surface area contributed by atoms with Gasteiger partial charge in [-0.15, -0.1) is 0 Å². The number of carbonyl (C=O) groups is 2. The predicted molar refractivity (Wildman–Crippen MR) is 127 cm³/mol. The lowest BCUT2D eigenvalue weighted by Crippen LogP contribution is -2.36. The number of esters is 1. The van der Waals surface area contributed by atoms with Gasteiger partial charge in [0.15, 0.2) is 6.29 Å².